The van der Waals surface area contributed by atoms with Gasteiger partial charge in [0.1, 0.15) is 0 Å². The zero-order chi connectivity index (χ0) is 17.0. The Bertz CT molecular complexity index is 508. The van der Waals surface area contributed by atoms with Crippen molar-refractivity contribution >= 4 is 5.78 Å². The normalized spacial score (nSPS) is 17.7. The van der Waals surface area contributed by atoms with Crippen molar-refractivity contribution in [3.05, 3.63) is 29.6 Å². The Hall–Kier alpha value is -1.26. The minimum Gasteiger partial charge on any atom is -0.298 e. The molecule has 23 heavy (non-hydrogen) atoms. The number of pyridine rings is 1. The van der Waals surface area contributed by atoms with Crippen LogP contribution in [0.25, 0.3) is 0 Å². The van der Waals surface area contributed by atoms with E-state index in [1.807, 2.05) is 12.3 Å². The molecule has 0 unspecified atom stereocenters. The van der Waals surface area contributed by atoms with E-state index < -0.39 is 0 Å². The van der Waals surface area contributed by atoms with E-state index >= 15 is 0 Å². The van der Waals surface area contributed by atoms with E-state index in [1.54, 1.807) is 0 Å². The zero-order valence-electron chi connectivity index (χ0n) is 15.3. The number of carbonyl (C=O) groups excluding carboxylic acids is 1. The molecule has 0 spiro atoms. The number of hydrogen-bond donors (Lipinski definition) is 0. The van der Waals surface area contributed by atoms with Crippen LogP contribution in [0.5, 0.6) is 0 Å². The average molecular weight is 317 g/mol. The molecule has 1 aromatic rings. The molecule has 0 bridgehead atoms. The summed E-state index contributed by atoms with van der Waals surface area (Å²) < 4.78 is 0. The maximum absolute atomic E-state index is 12.3. The molecule has 2 heterocycles. The number of aromatic nitrogens is 1. The van der Waals surface area contributed by atoms with Crippen LogP contribution >= 0.6 is 0 Å². The van der Waals surface area contributed by atoms with Crippen molar-refractivity contribution in [2.45, 2.75) is 52.5 Å². The third kappa shape index (κ3) is 5.40. The number of nitrogens with zero attached hydrogens (tertiary/aromatic N) is 3. The highest BCUT2D eigenvalue weighted by Gasteiger charge is 2.20. The van der Waals surface area contributed by atoms with Gasteiger partial charge >= 0.3 is 0 Å². The molecule has 0 radical (unpaired) electrons. The predicted octanol–water partition coefficient (Wildman–Crippen LogP) is 2.52. The van der Waals surface area contributed by atoms with Crippen LogP contribution in [0.2, 0.25) is 0 Å². The largest absolute Gasteiger partial charge is 0.298 e. The van der Waals surface area contributed by atoms with Gasteiger partial charge in [-0.1, -0.05) is 26.8 Å². The molecule has 1 aliphatic rings. The summed E-state index contributed by atoms with van der Waals surface area (Å²) in [7, 11) is 0. The summed E-state index contributed by atoms with van der Waals surface area (Å²) in [6.07, 6.45) is 2.35. The Morgan fingerprint density at radius 1 is 1.17 bits per heavy atom. The number of rotatable bonds is 5. The SMILES string of the molecule is CC(C)N1CCN(CC(=O)Cc2ccc(C(C)(C)C)cn2)CC1. The van der Waals surface area contributed by atoms with Gasteiger partial charge in [-0.2, -0.15) is 0 Å². The summed E-state index contributed by atoms with van der Waals surface area (Å²) in [5.41, 5.74) is 2.19. The molecule has 0 saturated carbocycles. The molecule has 0 N–H and O–H groups in total. The molecule has 1 fully saturated rings. The van der Waals surface area contributed by atoms with Crippen LogP contribution < -0.4 is 0 Å². The number of ketones is 1. The van der Waals surface area contributed by atoms with Crippen LogP contribution in [0.4, 0.5) is 0 Å². The van der Waals surface area contributed by atoms with Gasteiger partial charge in [-0.25, -0.2) is 0 Å². The van der Waals surface area contributed by atoms with E-state index in [0.717, 1.165) is 31.9 Å². The molecular weight excluding hydrogens is 286 g/mol. The van der Waals surface area contributed by atoms with Crippen molar-refractivity contribution in [3.63, 3.8) is 0 Å². The molecule has 1 aromatic heterocycles. The van der Waals surface area contributed by atoms with Gasteiger partial charge in [0, 0.05) is 44.1 Å². The van der Waals surface area contributed by atoms with Crippen molar-refractivity contribution in [1.29, 1.82) is 0 Å². The number of hydrogen-bond acceptors (Lipinski definition) is 4. The van der Waals surface area contributed by atoms with Crippen LogP contribution in [0.15, 0.2) is 18.3 Å². The topological polar surface area (TPSA) is 36.4 Å². The molecule has 128 valence electrons. The van der Waals surface area contributed by atoms with Crippen LogP contribution in [-0.2, 0) is 16.6 Å². The summed E-state index contributed by atoms with van der Waals surface area (Å²) in [6, 6.07) is 4.69. The van der Waals surface area contributed by atoms with Crippen molar-refractivity contribution in [1.82, 2.24) is 14.8 Å². The summed E-state index contributed by atoms with van der Waals surface area (Å²) in [6.45, 7) is 15.6. The number of carbonyl (C=O) groups is 1. The molecular formula is C19H31N3O. The van der Waals surface area contributed by atoms with Crippen LogP contribution in [-0.4, -0.2) is 59.3 Å². The first-order valence-corrected chi connectivity index (χ1v) is 8.69. The standard InChI is InChI=1S/C19H31N3O/c1-15(2)22-10-8-21(9-11-22)14-18(23)12-17-7-6-16(13-20-17)19(3,4)5/h6-7,13,15H,8-12,14H2,1-5H3. The molecule has 0 atom stereocenters. The lowest BCUT2D eigenvalue weighted by molar-refractivity contribution is -0.120. The molecule has 0 amide bonds. The maximum Gasteiger partial charge on any atom is 0.152 e. The highest BCUT2D eigenvalue weighted by Crippen LogP contribution is 2.21. The van der Waals surface area contributed by atoms with Crippen LogP contribution in [0.1, 0.15) is 45.9 Å². The van der Waals surface area contributed by atoms with Crippen molar-refractivity contribution < 1.29 is 4.79 Å². The molecule has 1 aliphatic heterocycles. The monoisotopic (exact) mass is 317 g/mol. The van der Waals surface area contributed by atoms with Crippen LogP contribution in [0, 0.1) is 0 Å². The molecule has 4 nitrogen and oxygen atoms in total. The molecule has 0 aromatic carbocycles. The van der Waals surface area contributed by atoms with E-state index in [2.05, 4.69) is 55.5 Å². The van der Waals surface area contributed by atoms with Crippen molar-refractivity contribution in [2.24, 2.45) is 0 Å². The number of piperazine rings is 1. The van der Waals surface area contributed by atoms with Gasteiger partial charge in [0.25, 0.3) is 0 Å². The first-order valence-electron chi connectivity index (χ1n) is 8.69. The van der Waals surface area contributed by atoms with Gasteiger partial charge in [-0.15, -0.1) is 0 Å². The van der Waals surface area contributed by atoms with Crippen molar-refractivity contribution in [2.75, 3.05) is 32.7 Å². The van der Waals surface area contributed by atoms with Gasteiger partial charge in [0.05, 0.1) is 13.0 Å². The van der Waals surface area contributed by atoms with E-state index in [4.69, 9.17) is 0 Å². The van der Waals surface area contributed by atoms with E-state index in [-0.39, 0.29) is 11.2 Å². The van der Waals surface area contributed by atoms with Gasteiger partial charge in [0.15, 0.2) is 5.78 Å². The Morgan fingerprint density at radius 3 is 2.30 bits per heavy atom. The number of Topliss-reactive ketones (excluding diaryl/α,β-unsaturated/α-hetero) is 1. The third-order valence-corrected chi connectivity index (χ3v) is 4.61. The lowest BCUT2D eigenvalue weighted by Gasteiger charge is -2.36. The smallest absolute Gasteiger partial charge is 0.152 e. The van der Waals surface area contributed by atoms with Gasteiger partial charge < -0.3 is 0 Å². The highest BCUT2D eigenvalue weighted by atomic mass is 16.1. The van der Waals surface area contributed by atoms with E-state index in [9.17, 15) is 4.79 Å². The van der Waals surface area contributed by atoms with Gasteiger partial charge in [-0.3, -0.25) is 19.6 Å². The minimum atomic E-state index is 0.103. The molecule has 4 heteroatoms. The fraction of sp³-hybridized carbons (Fsp3) is 0.684. The van der Waals surface area contributed by atoms with Crippen molar-refractivity contribution in [3.8, 4) is 0 Å². The summed E-state index contributed by atoms with van der Waals surface area (Å²) in [4.78, 5) is 21.5. The minimum absolute atomic E-state index is 0.103. The first-order chi connectivity index (χ1) is 10.8. The average Bonchev–Trinajstić information content (AvgIpc) is 2.47. The fourth-order valence-electron chi connectivity index (χ4n) is 2.92. The fourth-order valence-corrected chi connectivity index (χ4v) is 2.92. The lowest BCUT2D eigenvalue weighted by atomic mass is 9.88. The van der Waals surface area contributed by atoms with Gasteiger partial charge in [-0.05, 0) is 30.9 Å². The molecule has 0 aliphatic carbocycles. The zero-order valence-corrected chi connectivity index (χ0v) is 15.3. The Kier molecular flexibility index (Phi) is 5.93. The quantitative estimate of drug-likeness (QED) is 0.836. The molecule has 2 rings (SSSR count). The summed E-state index contributed by atoms with van der Waals surface area (Å²) >= 11 is 0. The molecule has 1 saturated heterocycles. The maximum atomic E-state index is 12.3. The van der Waals surface area contributed by atoms with Crippen LogP contribution in [0.3, 0.4) is 0 Å². The highest BCUT2D eigenvalue weighted by molar-refractivity contribution is 5.82. The first kappa shape index (κ1) is 18.1. The summed E-state index contributed by atoms with van der Waals surface area (Å²) in [5, 5.41) is 0. The Morgan fingerprint density at radius 2 is 1.83 bits per heavy atom. The van der Waals surface area contributed by atoms with E-state index in [1.165, 1.54) is 5.56 Å². The van der Waals surface area contributed by atoms with E-state index in [0.29, 0.717) is 19.0 Å². The summed E-state index contributed by atoms with van der Waals surface area (Å²) in [5.74, 6) is 0.263. The Balaban J connectivity index is 1.81. The predicted molar refractivity (Wildman–Crippen MR) is 94.8 cm³/mol. The lowest BCUT2D eigenvalue weighted by Crippen LogP contribution is -2.50. The third-order valence-electron chi connectivity index (χ3n) is 4.61. The second-order valence-corrected chi connectivity index (χ2v) is 7.91. The second-order valence-electron chi connectivity index (χ2n) is 7.91. The van der Waals surface area contributed by atoms with Gasteiger partial charge in [0.2, 0.25) is 0 Å². The second kappa shape index (κ2) is 7.54. The Labute approximate surface area is 140 Å².